The van der Waals surface area contributed by atoms with Crippen LogP contribution in [0.5, 0.6) is 0 Å². The number of hydrogen-bond donors (Lipinski definition) is 2. The van der Waals surface area contributed by atoms with Gasteiger partial charge in [0.05, 0.1) is 18.4 Å². The van der Waals surface area contributed by atoms with Crippen molar-refractivity contribution in [3.8, 4) is 0 Å². The molecular formula is C13H18N2O4S. The second-order valence-corrected chi connectivity index (χ2v) is 5.18. The molecule has 0 saturated heterocycles. The molecule has 0 bridgehead atoms. The van der Waals surface area contributed by atoms with Crippen molar-refractivity contribution in [1.29, 1.82) is 0 Å². The molecule has 0 radical (unpaired) electrons. The van der Waals surface area contributed by atoms with Crippen LogP contribution in [0.3, 0.4) is 0 Å². The van der Waals surface area contributed by atoms with Crippen LogP contribution < -0.4 is 10.6 Å². The van der Waals surface area contributed by atoms with Gasteiger partial charge in [0, 0.05) is 19.0 Å². The predicted molar refractivity (Wildman–Crippen MR) is 75.5 cm³/mol. The molecule has 0 saturated carbocycles. The van der Waals surface area contributed by atoms with Gasteiger partial charge in [0.15, 0.2) is 0 Å². The number of ether oxygens (including phenoxy) is 1. The average molecular weight is 298 g/mol. The van der Waals surface area contributed by atoms with Crippen molar-refractivity contribution >= 4 is 29.1 Å². The number of methoxy groups -OCH3 is 1. The van der Waals surface area contributed by atoms with E-state index in [1.165, 1.54) is 18.4 Å². The smallest absolute Gasteiger partial charge is 0.307 e. The van der Waals surface area contributed by atoms with Crippen molar-refractivity contribution in [3.63, 3.8) is 0 Å². The second kappa shape index (κ2) is 8.31. The van der Waals surface area contributed by atoms with Gasteiger partial charge in [0.1, 0.15) is 0 Å². The summed E-state index contributed by atoms with van der Waals surface area (Å²) in [6.07, 6.45) is 0.298. The molecule has 2 amide bonds. The number of esters is 1. The van der Waals surface area contributed by atoms with Crippen LogP contribution in [0, 0.1) is 0 Å². The Bertz CT molecular complexity index is 459. The lowest BCUT2D eigenvalue weighted by atomic mass is 10.2. The molecule has 1 atom stereocenters. The molecule has 0 aliphatic rings. The number of rotatable bonds is 7. The fourth-order valence-corrected chi connectivity index (χ4v) is 2.16. The summed E-state index contributed by atoms with van der Waals surface area (Å²) in [6.45, 7) is 1.98. The number of amides is 2. The zero-order chi connectivity index (χ0) is 15.0. The molecular weight excluding hydrogens is 280 g/mol. The van der Waals surface area contributed by atoms with E-state index in [0.717, 1.165) is 0 Å². The summed E-state index contributed by atoms with van der Waals surface area (Å²) >= 11 is 1.35. The predicted octanol–water partition coefficient (Wildman–Crippen LogP) is 0.936. The quantitative estimate of drug-likeness (QED) is 0.734. The van der Waals surface area contributed by atoms with Gasteiger partial charge >= 0.3 is 5.97 Å². The molecule has 1 aromatic heterocycles. The van der Waals surface area contributed by atoms with Crippen LogP contribution in [0.25, 0.3) is 0 Å². The van der Waals surface area contributed by atoms with Crippen LogP contribution in [0.1, 0.15) is 29.4 Å². The fourth-order valence-electron chi connectivity index (χ4n) is 1.52. The first kappa shape index (κ1) is 16.2. The molecule has 1 rings (SSSR count). The minimum Gasteiger partial charge on any atom is -0.469 e. The fraction of sp³-hybridized carbons (Fsp3) is 0.462. The standard InChI is InChI=1S/C13H18N2O4S/c1-9(8-12(17)19-2)15-11(16)5-6-14-13(18)10-4-3-7-20-10/h3-4,7,9H,5-6,8H2,1-2H3,(H,14,18)(H,15,16). The monoisotopic (exact) mass is 298 g/mol. The van der Waals surface area contributed by atoms with Crippen molar-refractivity contribution in [2.45, 2.75) is 25.8 Å². The van der Waals surface area contributed by atoms with Crippen LogP contribution in [-0.2, 0) is 14.3 Å². The normalized spacial score (nSPS) is 11.5. The summed E-state index contributed by atoms with van der Waals surface area (Å²) in [5, 5.41) is 7.14. The van der Waals surface area contributed by atoms with Gasteiger partial charge in [-0.2, -0.15) is 0 Å². The number of hydrogen-bond acceptors (Lipinski definition) is 5. The summed E-state index contributed by atoms with van der Waals surface area (Å²) in [5.74, 6) is -0.771. The highest BCUT2D eigenvalue weighted by Gasteiger charge is 2.12. The summed E-state index contributed by atoms with van der Waals surface area (Å²) < 4.78 is 4.51. The highest BCUT2D eigenvalue weighted by molar-refractivity contribution is 7.12. The van der Waals surface area contributed by atoms with Crippen molar-refractivity contribution in [2.24, 2.45) is 0 Å². The van der Waals surface area contributed by atoms with Gasteiger partial charge in [-0.05, 0) is 18.4 Å². The third-order valence-electron chi connectivity index (χ3n) is 2.49. The van der Waals surface area contributed by atoms with E-state index >= 15 is 0 Å². The van der Waals surface area contributed by atoms with Crippen LogP contribution in [0.4, 0.5) is 0 Å². The molecule has 1 heterocycles. The molecule has 0 fully saturated rings. The molecule has 0 aliphatic heterocycles. The van der Waals surface area contributed by atoms with Gasteiger partial charge in [0.25, 0.3) is 5.91 Å². The number of carbonyl (C=O) groups is 3. The molecule has 0 spiro atoms. The lowest BCUT2D eigenvalue weighted by molar-refractivity contribution is -0.141. The largest absolute Gasteiger partial charge is 0.469 e. The van der Waals surface area contributed by atoms with Gasteiger partial charge < -0.3 is 15.4 Å². The molecule has 7 heteroatoms. The van der Waals surface area contributed by atoms with Crippen molar-refractivity contribution < 1.29 is 19.1 Å². The lowest BCUT2D eigenvalue weighted by Crippen LogP contribution is -2.36. The van der Waals surface area contributed by atoms with E-state index < -0.39 is 0 Å². The average Bonchev–Trinajstić information content (AvgIpc) is 2.92. The third-order valence-corrected chi connectivity index (χ3v) is 3.36. The van der Waals surface area contributed by atoms with Crippen molar-refractivity contribution in [1.82, 2.24) is 10.6 Å². The Labute approximate surface area is 121 Å². The first-order valence-electron chi connectivity index (χ1n) is 6.20. The SMILES string of the molecule is COC(=O)CC(C)NC(=O)CCNC(=O)c1cccs1. The first-order chi connectivity index (χ1) is 9.52. The Kier molecular flexibility index (Phi) is 6.72. The van der Waals surface area contributed by atoms with Gasteiger partial charge in [-0.1, -0.05) is 6.07 Å². The van der Waals surface area contributed by atoms with Crippen molar-refractivity contribution in [3.05, 3.63) is 22.4 Å². The molecule has 6 nitrogen and oxygen atoms in total. The Morgan fingerprint density at radius 2 is 2.15 bits per heavy atom. The van der Waals surface area contributed by atoms with Crippen LogP contribution >= 0.6 is 11.3 Å². The molecule has 1 unspecified atom stereocenters. The summed E-state index contributed by atoms with van der Waals surface area (Å²) in [5.41, 5.74) is 0. The maximum Gasteiger partial charge on any atom is 0.307 e. The van der Waals surface area contributed by atoms with E-state index in [2.05, 4.69) is 15.4 Å². The Morgan fingerprint density at radius 1 is 1.40 bits per heavy atom. The topological polar surface area (TPSA) is 84.5 Å². The van der Waals surface area contributed by atoms with E-state index in [0.29, 0.717) is 4.88 Å². The molecule has 0 aliphatic carbocycles. The molecule has 20 heavy (non-hydrogen) atoms. The van der Waals surface area contributed by atoms with Gasteiger partial charge in [0.2, 0.25) is 5.91 Å². The Balaban J connectivity index is 2.20. The van der Waals surface area contributed by atoms with Crippen molar-refractivity contribution in [2.75, 3.05) is 13.7 Å². The number of thiophene rings is 1. The van der Waals surface area contributed by atoms with Crippen LogP contribution in [-0.4, -0.2) is 37.5 Å². The Morgan fingerprint density at radius 3 is 2.75 bits per heavy atom. The highest BCUT2D eigenvalue weighted by Crippen LogP contribution is 2.07. The summed E-state index contributed by atoms with van der Waals surface area (Å²) in [7, 11) is 1.30. The maximum atomic E-state index is 11.6. The van der Waals surface area contributed by atoms with Crippen LogP contribution in [0.2, 0.25) is 0 Å². The van der Waals surface area contributed by atoms with Gasteiger partial charge in [-0.25, -0.2) is 0 Å². The van der Waals surface area contributed by atoms with Gasteiger partial charge in [-0.3, -0.25) is 14.4 Å². The minimum atomic E-state index is -0.371. The minimum absolute atomic E-state index is 0.129. The zero-order valence-electron chi connectivity index (χ0n) is 11.5. The van der Waals surface area contributed by atoms with E-state index in [1.54, 1.807) is 19.1 Å². The summed E-state index contributed by atoms with van der Waals surface area (Å²) in [4.78, 5) is 34.8. The zero-order valence-corrected chi connectivity index (χ0v) is 12.3. The second-order valence-electron chi connectivity index (χ2n) is 4.23. The van der Waals surface area contributed by atoms with Gasteiger partial charge in [-0.15, -0.1) is 11.3 Å². The van der Waals surface area contributed by atoms with E-state index in [9.17, 15) is 14.4 Å². The Hall–Kier alpha value is -1.89. The molecule has 0 aromatic carbocycles. The van der Waals surface area contributed by atoms with Crippen LogP contribution in [0.15, 0.2) is 17.5 Å². The van der Waals surface area contributed by atoms with E-state index in [1.807, 2.05) is 5.38 Å². The summed E-state index contributed by atoms with van der Waals surface area (Å²) in [6, 6.07) is 3.22. The highest BCUT2D eigenvalue weighted by atomic mass is 32.1. The molecule has 110 valence electrons. The number of carbonyl (C=O) groups excluding carboxylic acids is 3. The number of nitrogens with one attached hydrogen (secondary N) is 2. The first-order valence-corrected chi connectivity index (χ1v) is 7.08. The maximum absolute atomic E-state index is 11.6. The lowest BCUT2D eigenvalue weighted by Gasteiger charge is -2.12. The molecule has 1 aromatic rings. The van der Waals surface area contributed by atoms with E-state index in [-0.39, 0.29) is 43.2 Å². The third kappa shape index (κ3) is 5.83. The molecule has 2 N–H and O–H groups in total. The van der Waals surface area contributed by atoms with E-state index in [4.69, 9.17) is 0 Å².